The zero-order chi connectivity index (χ0) is 18.0. The monoisotopic (exact) mass is 339 g/mol. The van der Waals surface area contributed by atoms with Gasteiger partial charge in [0.1, 0.15) is 11.3 Å². The molecule has 1 amide bonds. The fraction of sp³-hybridized carbons (Fsp3) is 0.300. The summed E-state index contributed by atoms with van der Waals surface area (Å²) in [5, 5.41) is 10.0. The van der Waals surface area contributed by atoms with Gasteiger partial charge in [0.15, 0.2) is 6.10 Å². The first-order chi connectivity index (χ1) is 12.0. The molecule has 3 rings (SSSR count). The van der Waals surface area contributed by atoms with E-state index < -0.39 is 12.1 Å². The molecule has 130 valence electrons. The van der Waals surface area contributed by atoms with E-state index in [1.807, 2.05) is 24.3 Å². The second kappa shape index (κ2) is 6.97. The predicted molar refractivity (Wildman–Crippen MR) is 94.8 cm³/mol. The first kappa shape index (κ1) is 17.0. The number of fused-ring (bicyclic) bond motifs is 1. The Morgan fingerprint density at radius 1 is 1.16 bits per heavy atom. The van der Waals surface area contributed by atoms with Crippen molar-refractivity contribution >= 4 is 17.6 Å². The minimum absolute atomic E-state index is 0.0682. The molecule has 0 aromatic heterocycles. The van der Waals surface area contributed by atoms with Gasteiger partial charge in [0.25, 0.3) is 5.91 Å². The largest absolute Gasteiger partial charge is 0.507 e. The third-order valence-electron chi connectivity index (χ3n) is 4.47. The van der Waals surface area contributed by atoms with Gasteiger partial charge in [-0.2, -0.15) is 0 Å². The first-order valence-corrected chi connectivity index (χ1v) is 8.38. The summed E-state index contributed by atoms with van der Waals surface area (Å²) in [7, 11) is 0. The quantitative estimate of drug-likeness (QED) is 0.872. The van der Waals surface area contributed by atoms with E-state index in [0.717, 1.165) is 24.1 Å². The Bertz CT molecular complexity index is 815. The number of esters is 1. The maximum absolute atomic E-state index is 12.8. The number of rotatable bonds is 3. The average Bonchev–Trinajstić information content (AvgIpc) is 2.62. The number of phenols is 1. The summed E-state index contributed by atoms with van der Waals surface area (Å²) < 4.78 is 5.31. The van der Waals surface area contributed by atoms with Gasteiger partial charge in [-0.05, 0) is 49.9 Å². The fourth-order valence-electron chi connectivity index (χ4n) is 3.08. The number of amides is 1. The molecule has 1 atom stereocenters. The van der Waals surface area contributed by atoms with Crippen molar-refractivity contribution in [2.75, 3.05) is 11.4 Å². The fourth-order valence-corrected chi connectivity index (χ4v) is 3.08. The molecule has 25 heavy (non-hydrogen) atoms. The van der Waals surface area contributed by atoms with E-state index in [1.54, 1.807) is 30.9 Å². The molecular formula is C20H21NO4. The van der Waals surface area contributed by atoms with Crippen LogP contribution < -0.4 is 4.90 Å². The standard InChI is InChI=1S/C20H21NO4/c1-13-7-5-10-16(18(13)22)20(24)25-14(2)19(23)21-12-6-9-15-8-3-4-11-17(15)21/h3-5,7-8,10-11,14,22H,6,9,12H2,1-2H3. The van der Waals surface area contributed by atoms with Crippen LogP contribution in [0.2, 0.25) is 0 Å². The molecule has 0 saturated carbocycles. The van der Waals surface area contributed by atoms with Crippen molar-refractivity contribution in [2.24, 2.45) is 0 Å². The van der Waals surface area contributed by atoms with Crippen molar-refractivity contribution in [3.63, 3.8) is 0 Å². The lowest BCUT2D eigenvalue weighted by Crippen LogP contribution is -2.42. The van der Waals surface area contributed by atoms with Gasteiger partial charge in [-0.25, -0.2) is 4.79 Å². The number of anilines is 1. The molecule has 0 radical (unpaired) electrons. The predicted octanol–water partition coefficient (Wildman–Crippen LogP) is 3.23. The molecular weight excluding hydrogens is 318 g/mol. The number of benzene rings is 2. The second-order valence-electron chi connectivity index (χ2n) is 6.24. The second-order valence-corrected chi connectivity index (χ2v) is 6.24. The van der Waals surface area contributed by atoms with Crippen LogP contribution in [0, 0.1) is 6.92 Å². The molecule has 2 aromatic carbocycles. The summed E-state index contributed by atoms with van der Waals surface area (Å²) in [4.78, 5) is 26.7. The summed E-state index contributed by atoms with van der Waals surface area (Å²) in [6.45, 7) is 3.86. The van der Waals surface area contributed by atoms with Crippen molar-refractivity contribution in [3.8, 4) is 5.75 Å². The summed E-state index contributed by atoms with van der Waals surface area (Å²) in [6, 6.07) is 12.6. The topological polar surface area (TPSA) is 66.8 Å². The number of hydrogen-bond donors (Lipinski definition) is 1. The molecule has 1 aliphatic heterocycles. The van der Waals surface area contributed by atoms with Crippen LogP contribution in [0.4, 0.5) is 5.69 Å². The van der Waals surface area contributed by atoms with Crippen LogP contribution in [0.5, 0.6) is 5.75 Å². The summed E-state index contributed by atoms with van der Waals surface area (Å²) in [5.74, 6) is -1.07. The molecule has 0 fully saturated rings. The Labute approximate surface area is 146 Å². The first-order valence-electron chi connectivity index (χ1n) is 8.38. The number of hydrogen-bond acceptors (Lipinski definition) is 4. The number of aromatic hydroxyl groups is 1. The van der Waals surface area contributed by atoms with Gasteiger partial charge < -0.3 is 14.7 Å². The van der Waals surface area contributed by atoms with Gasteiger partial charge >= 0.3 is 5.97 Å². The third-order valence-corrected chi connectivity index (χ3v) is 4.47. The van der Waals surface area contributed by atoms with Crippen LogP contribution in [0.3, 0.4) is 0 Å². The number of carbonyl (C=O) groups excluding carboxylic acids is 2. The van der Waals surface area contributed by atoms with Crippen LogP contribution in [-0.4, -0.2) is 29.6 Å². The van der Waals surface area contributed by atoms with Gasteiger partial charge in [-0.15, -0.1) is 0 Å². The normalized spacial score (nSPS) is 14.6. The highest BCUT2D eigenvalue weighted by molar-refractivity contribution is 6.00. The third kappa shape index (κ3) is 3.36. The Morgan fingerprint density at radius 3 is 2.72 bits per heavy atom. The van der Waals surface area contributed by atoms with Crippen LogP contribution in [0.15, 0.2) is 42.5 Å². The number of carbonyl (C=O) groups is 2. The highest BCUT2D eigenvalue weighted by atomic mass is 16.5. The van der Waals surface area contributed by atoms with Crippen LogP contribution in [-0.2, 0) is 16.0 Å². The van der Waals surface area contributed by atoms with E-state index in [2.05, 4.69) is 0 Å². The molecule has 5 heteroatoms. The Hall–Kier alpha value is -2.82. The molecule has 5 nitrogen and oxygen atoms in total. The van der Waals surface area contributed by atoms with Gasteiger partial charge in [0, 0.05) is 12.2 Å². The summed E-state index contributed by atoms with van der Waals surface area (Å²) >= 11 is 0. The Balaban J connectivity index is 1.76. The van der Waals surface area contributed by atoms with E-state index in [4.69, 9.17) is 4.74 Å². The SMILES string of the molecule is Cc1cccc(C(=O)OC(C)C(=O)N2CCCc3ccccc32)c1O. The lowest BCUT2D eigenvalue weighted by atomic mass is 10.0. The zero-order valence-electron chi connectivity index (χ0n) is 14.4. The van der Waals surface area contributed by atoms with Crippen molar-refractivity contribution in [1.82, 2.24) is 0 Å². The number of nitrogens with zero attached hydrogens (tertiary/aromatic N) is 1. The van der Waals surface area contributed by atoms with Gasteiger partial charge in [-0.3, -0.25) is 4.79 Å². The number of aryl methyl sites for hydroxylation is 2. The van der Waals surface area contributed by atoms with E-state index in [0.29, 0.717) is 12.1 Å². The molecule has 0 spiro atoms. The van der Waals surface area contributed by atoms with Crippen molar-refractivity contribution in [1.29, 1.82) is 0 Å². The van der Waals surface area contributed by atoms with Gasteiger partial charge in [-0.1, -0.05) is 30.3 Å². The molecule has 0 bridgehead atoms. The van der Waals surface area contributed by atoms with Gasteiger partial charge in [0.2, 0.25) is 0 Å². The summed E-state index contributed by atoms with van der Waals surface area (Å²) in [5.41, 5.74) is 2.65. The van der Waals surface area contributed by atoms with Crippen molar-refractivity contribution < 1.29 is 19.4 Å². The van der Waals surface area contributed by atoms with Crippen molar-refractivity contribution in [3.05, 3.63) is 59.2 Å². The molecule has 0 aliphatic carbocycles. The van der Waals surface area contributed by atoms with Crippen LogP contribution in [0.1, 0.15) is 34.8 Å². The molecule has 1 aliphatic rings. The minimum atomic E-state index is -0.932. The maximum Gasteiger partial charge on any atom is 0.342 e. The number of ether oxygens (including phenoxy) is 1. The lowest BCUT2D eigenvalue weighted by Gasteiger charge is -2.31. The van der Waals surface area contributed by atoms with Crippen molar-refractivity contribution in [2.45, 2.75) is 32.8 Å². The summed E-state index contributed by atoms with van der Waals surface area (Å²) in [6.07, 6.45) is 0.881. The molecule has 1 heterocycles. The Kier molecular flexibility index (Phi) is 4.74. The molecule has 0 saturated heterocycles. The molecule has 1 unspecified atom stereocenters. The van der Waals surface area contributed by atoms with Crippen LogP contribution in [0.25, 0.3) is 0 Å². The minimum Gasteiger partial charge on any atom is -0.507 e. The number of para-hydroxylation sites is 2. The molecule has 2 aromatic rings. The highest BCUT2D eigenvalue weighted by Gasteiger charge is 2.29. The highest BCUT2D eigenvalue weighted by Crippen LogP contribution is 2.28. The zero-order valence-corrected chi connectivity index (χ0v) is 14.4. The Morgan fingerprint density at radius 2 is 1.92 bits per heavy atom. The van der Waals surface area contributed by atoms with E-state index in [-0.39, 0.29) is 17.2 Å². The average molecular weight is 339 g/mol. The van der Waals surface area contributed by atoms with E-state index in [1.165, 1.54) is 6.07 Å². The lowest BCUT2D eigenvalue weighted by molar-refractivity contribution is -0.126. The smallest absolute Gasteiger partial charge is 0.342 e. The van der Waals surface area contributed by atoms with E-state index in [9.17, 15) is 14.7 Å². The van der Waals surface area contributed by atoms with E-state index >= 15 is 0 Å². The maximum atomic E-state index is 12.8. The van der Waals surface area contributed by atoms with Gasteiger partial charge in [0.05, 0.1) is 0 Å². The molecule has 1 N–H and O–H groups in total. The number of phenolic OH excluding ortho intramolecular Hbond substituents is 1. The van der Waals surface area contributed by atoms with Crippen LogP contribution >= 0.6 is 0 Å².